The van der Waals surface area contributed by atoms with Gasteiger partial charge in [0.05, 0.1) is 25.4 Å². The normalized spacial score (nSPS) is 16.6. The summed E-state index contributed by atoms with van der Waals surface area (Å²) in [6.45, 7) is 3.20. The molecule has 1 aromatic carbocycles. The summed E-state index contributed by atoms with van der Waals surface area (Å²) in [5.74, 6) is -10.1. The number of nitrogens with zero attached hydrogens (tertiary/aromatic N) is 2. The average Bonchev–Trinajstić information content (AvgIpc) is 3.81. The van der Waals surface area contributed by atoms with Crippen LogP contribution in [0.1, 0.15) is 64.4 Å². The third-order valence-corrected chi connectivity index (χ3v) is 12.0. The fourth-order valence-corrected chi connectivity index (χ4v) is 7.42. The van der Waals surface area contributed by atoms with Crippen molar-refractivity contribution in [1.29, 1.82) is 0 Å². The Balaban J connectivity index is 2.37. The van der Waals surface area contributed by atoms with Crippen LogP contribution in [0.5, 0.6) is 0 Å². The maximum absolute atomic E-state index is 14.1. The molecule has 0 radical (unpaired) electrons. The number of likely N-dealkylation sites (tertiary alicyclic amines) is 1. The molecule has 1 aromatic rings. The van der Waals surface area contributed by atoms with Crippen molar-refractivity contribution in [2.24, 2.45) is 28.9 Å². The van der Waals surface area contributed by atoms with E-state index in [9.17, 15) is 52.7 Å². The van der Waals surface area contributed by atoms with Crippen LogP contribution in [0.25, 0.3) is 0 Å². The molecule has 26 heteroatoms. The minimum atomic E-state index is -1.77. The molecule has 1 fully saturated rings. The Labute approximate surface area is 412 Å². The molecule has 0 aliphatic carbocycles. The van der Waals surface area contributed by atoms with Gasteiger partial charge in [-0.2, -0.15) is 25.3 Å². The lowest BCUT2D eigenvalue weighted by Gasteiger charge is -2.30. The van der Waals surface area contributed by atoms with Crippen molar-refractivity contribution in [3.63, 3.8) is 0 Å². The SMILES string of the molecule is CC[C@H](C)[C@H](NC(=O)[C@H](Cc1ccccc1)NC(=O)[C@@H](N)CS)C(=O)N[C@@H](CC(=O)N(C)C)C(=O)N[C@@H](CC(N)=O)C(=O)N[C@@H](CS)C(=O)N1CCC[C@H]1C(=O)N[C@@H](CCCN)C(=O)NCC(N)=O. The van der Waals surface area contributed by atoms with E-state index in [0.29, 0.717) is 24.8 Å². The number of hydrogen-bond donors (Lipinski definition) is 13. The molecule has 384 valence electrons. The number of rotatable bonds is 29. The fraction of sp³-hybridized carbons (Fsp3) is 0.605. The number of thiol groups is 2. The molecule has 0 saturated carbocycles. The first-order chi connectivity index (χ1) is 32.6. The van der Waals surface area contributed by atoms with E-state index in [-0.39, 0.29) is 43.9 Å². The van der Waals surface area contributed by atoms with Crippen LogP contribution in [0.15, 0.2) is 30.3 Å². The van der Waals surface area contributed by atoms with Gasteiger partial charge in [0.15, 0.2) is 0 Å². The van der Waals surface area contributed by atoms with Gasteiger partial charge in [-0.3, -0.25) is 52.7 Å². The van der Waals surface area contributed by atoms with Gasteiger partial charge in [-0.1, -0.05) is 50.6 Å². The molecule has 9 atom stereocenters. The Hall–Kier alpha value is -5.99. The number of carbonyl (C=O) groups excluding carboxylic acids is 11. The van der Waals surface area contributed by atoms with Crippen LogP contribution in [0.2, 0.25) is 0 Å². The molecule has 1 aliphatic rings. The van der Waals surface area contributed by atoms with Crippen LogP contribution in [0, 0.1) is 5.92 Å². The maximum atomic E-state index is 14.1. The predicted octanol–water partition coefficient (Wildman–Crippen LogP) is -4.94. The molecule has 11 amide bonds. The summed E-state index contributed by atoms with van der Waals surface area (Å²) in [6, 6.07) is -1.95. The monoisotopic (exact) mass is 1010 g/mol. The molecule has 0 aromatic heterocycles. The van der Waals surface area contributed by atoms with Crippen molar-refractivity contribution in [3.8, 4) is 0 Å². The van der Waals surface area contributed by atoms with Crippen LogP contribution >= 0.6 is 25.3 Å². The second-order valence-corrected chi connectivity index (χ2v) is 17.5. The topological polar surface area (TPSA) is 383 Å². The van der Waals surface area contributed by atoms with Gasteiger partial charge in [0, 0.05) is 38.6 Å². The summed E-state index contributed by atoms with van der Waals surface area (Å²) in [6.07, 6.45) is -0.0948. The lowest BCUT2D eigenvalue weighted by atomic mass is 9.96. The fourth-order valence-electron chi connectivity index (χ4n) is 7.00. The minimum absolute atomic E-state index is 0.0166. The summed E-state index contributed by atoms with van der Waals surface area (Å²) < 4.78 is 0. The Morgan fingerprint density at radius 1 is 0.725 bits per heavy atom. The van der Waals surface area contributed by atoms with E-state index in [4.69, 9.17) is 22.9 Å². The van der Waals surface area contributed by atoms with Crippen LogP contribution in [-0.4, -0.2) is 168 Å². The molecule has 24 nitrogen and oxygen atoms in total. The molecule has 1 aliphatic heterocycles. The Bertz CT molecular complexity index is 1980. The van der Waals surface area contributed by atoms with E-state index in [0.717, 1.165) is 4.90 Å². The summed E-state index contributed by atoms with van der Waals surface area (Å²) >= 11 is 8.31. The van der Waals surface area contributed by atoms with Crippen molar-refractivity contribution < 1.29 is 52.7 Å². The number of hydrogen-bond acceptors (Lipinski definition) is 15. The van der Waals surface area contributed by atoms with E-state index >= 15 is 0 Å². The lowest BCUT2D eigenvalue weighted by Crippen LogP contribution is -2.62. The zero-order chi connectivity index (χ0) is 52.0. The highest BCUT2D eigenvalue weighted by molar-refractivity contribution is 7.80. The minimum Gasteiger partial charge on any atom is -0.370 e. The van der Waals surface area contributed by atoms with Gasteiger partial charge in [-0.25, -0.2) is 0 Å². The Morgan fingerprint density at radius 2 is 1.30 bits per heavy atom. The van der Waals surface area contributed by atoms with Crippen molar-refractivity contribution in [3.05, 3.63) is 35.9 Å². The first-order valence-electron chi connectivity index (χ1n) is 22.5. The largest absolute Gasteiger partial charge is 0.370 e. The van der Waals surface area contributed by atoms with E-state index in [1.54, 1.807) is 44.2 Å². The van der Waals surface area contributed by atoms with E-state index in [1.807, 2.05) is 0 Å². The molecule has 15 N–H and O–H groups in total. The zero-order valence-electron chi connectivity index (χ0n) is 39.4. The van der Waals surface area contributed by atoms with Gasteiger partial charge >= 0.3 is 0 Å². The first-order valence-corrected chi connectivity index (χ1v) is 23.7. The smallest absolute Gasteiger partial charge is 0.246 e. The molecule has 0 unspecified atom stereocenters. The standard InChI is InChI=1S/C43H69N13O11S2/c1-5-23(2)35(54-40(64)27(50-36(60)25(45)21-68)17-24-11-7-6-8-12-24)42(66)52-29(19-34(59)55(3)4)39(63)51-28(18-32(46)57)38(62)53-30(22-69)43(67)56-16-10-14-31(56)41(65)49-26(13-9-15-44)37(61)48-20-33(47)58/h6-8,11-12,23,25-31,35,68-69H,5,9-10,13-22,44-45H2,1-4H3,(H2,46,57)(H2,47,58)(H,48,61)(H,49,65)(H,50,60)(H,51,63)(H,52,66)(H,53,62)(H,54,64)/t23-,25-,26-,27-,28-,29-,30-,31-,35-/m0/s1. The third-order valence-electron chi connectivity index (χ3n) is 11.2. The highest BCUT2D eigenvalue weighted by Crippen LogP contribution is 2.20. The van der Waals surface area contributed by atoms with Crippen LogP contribution in [-0.2, 0) is 59.2 Å². The Morgan fingerprint density at radius 3 is 1.86 bits per heavy atom. The second kappa shape index (κ2) is 29.8. The second-order valence-electron chi connectivity index (χ2n) is 16.8. The van der Waals surface area contributed by atoms with Gasteiger partial charge in [0.2, 0.25) is 65.0 Å². The summed E-state index contributed by atoms with van der Waals surface area (Å²) in [5.41, 5.74) is 22.8. The summed E-state index contributed by atoms with van der Waals surface area (Å²) in [4.78, 5) is 148. The van der Waals surface area contributed by atoms with E-state index in [1.165, 1.54) is 19.0 Å². The lowest BCUT2D eigenvalue weighted by molar-refractivity contribution is -0.142. The van der Waals surface area contributed by atoms with Crippen molar-refractivity contribution in [2.75, 3.05) is 45.2 Å². The van der Waals surface area contributed by atoms with Gasteiger partial charge in [0.1, 0.15) is 42.3 Å². The molecule has 2 rings (SSSR count). The number of carbonyl (C=O) groups is 11. The number of nitrogens with two attached hydrogens (primary N) is 4. The summed E-state index contributed by atoms with van der Waals surface area (Å²) in [5, 5.41) is 17.5. The highest BCUT2D eigenvalue weighted by atomic mass is 32.1. The van der Waals surface area contributed by atoms with Crippen LogP contribution in [0.4, 0.5) is 0 Å². The molecular weight excluding hydrogens is 939 g/mol. The van der Waals surface area contributed by atoms with Gasteiger partial charge in [-0.15, -0.1) is 0 Å². The van der Waals surface area contributed by atoms with E-state index in [2.05, 4.69) is 62.5 Å². The van der Waals surface area contributed by atoms with Gasteiger partial charge < -0.3 is 70.0 Å². The molecule has 1 heterocycles. The average molecular weight is 1010 g/mol. The first kappa shape index (κ1) is 59.1. The van der Waals surface area contributed by atoms with Gasteiger partial charge in [-0.05, 0) is 43.7 Å². The zero-order valence-corrected chi connectivity index (χ0v) is 41.2. The highest BCUT2D eigenvalue weighted by Gasteiger charge is 2.40. The molecular formula is C43H69N13O11S2. The predicted molar refractivity (Wildman–Crippen MR) is 259 cm³/mol. The molecule has 69 heavy (non-hydrogen) atoms. The van der Waals surface area contributed by atoms with Crippen molar-refractivity contribution >= 4 is 90.2 Å². The van der Waals surface area contributed by atoms with Crippen LogP contribution in [0.3, 0.4) is 0 Å². The number of amides is 11. The molecule has 1 saturated heterocycles. The van der Waals surface area contributed by atoms with Crippen LogP contribution < -0.4 is 60.2 Å². The van der Waals surface area contributed by atoms with E-state index < -0.39 is 139 Å². The van der Waals surface area contributed by atoms with Crippen molar-refractivity contribution in [2.45, 2.75) is 114 Å². The number of nitrogens with one attached hydrogen (secondary N) is 7. The summed E-state index contributed by atoms with van der Waals surface area (Å²) in [7, 11) is 2.80. The third kappa shape index (κ3) is 19.5. The van der Waals surface area contributed by atoms with Crippen molar-refractivity contribution in [1.82, 2.24) is 47.0 Å². The molecule has 0 spiro atoms. The quantitative estimate of drug-likeness (QED) is 0.0335. The molecule has 0 bridgehead atoms. The maximum Gasteiger partial charge on any atom is 0.246 e. The Kier molecular flexibility index (Phi) is 25.5. The van der Waals surface area contributed by atoms with Gasteiger partial charge in [0.25, 0.3) is 0 Å². The number of primary amides is 2. The number of benzene rings is 1.